The Bertz CT molecular complexity index is 359. The van der Waals surface area contributed by atoms with Gasteiger partial charge in [0.2, 0.25) is 5.88 Å². The van der Waals surface area contributed by atoms with Crippen LogP contribution in [-0.4, -0.2) is 15.9 Å². The van der Waals surface area contributed by atoms with Crippen LogP contribution < -0.4 is 10.5 Å². The fourth-order valence-corrected chi connectivity index (χ4v) is 1.60. The minimum atomic E-state index is -0.816. The highest BCUT2D eigenvalue weighted by molar-refractivity contribution is 9.10. The number of amides is 1. The molecule has 76 valence electrons. The number of carbonyl (C=O) groups is 1. The summed E-state index contributed by atoms with van der Waals surface area (Å²) >= 11 is 3.24. The number of halogens is 1. The van der Waals surface area contributed by atoms with Crippen LogP contribution in [0.15, 0.2) is 10.7 Å². The first-order valence-corrected chi connectivity index (χ1v) is 5.14. The summed E-state index contributed by atoms with van der Waals surface area (Å²) in [5.74, 6) is 1.06. The summed E-state index contributed by atoms with van der Waals surface area (Å²) < 4.78 is 7.15. The highest BCUT2D eigenvalue weighted by Crippen LogP contribution is 2.33. The lowest BCUT2D eigenvalue weighted by molar-refractivity contribution is 0.205. The predicted molar refractivity (Wildman–Crippen MR) is 52.9 cm³/mol. The van der Waals surface area contributed by atoms with Gasteiger partial charge in [-0.2, -0.15) is 5.10 Å². The largest absolute Gasteiger partial charge is 0.411 e. The number of nitrogens with two attached hydrogens (primary N) is 1. The van der Waals surface area contributed by atoms with Crippen LogP contribution in [0, 0.1) is 5.92 Å². The summed E-state index contributed by atoms with van der Waals surface area (Å²) in [4.78, 5) is 10.6. The summed E-state index contributed by atoms with van der Waals surface area (Å²) in [6.07, 6.45) is 3.21. The monoisotopic (exact) mass is 259 g/mol. The number of rotatable bonds is 3. The van der Waals surface area contributed by atoms with Gasteiger partial charge in [-0.05, 0) is 34.7 Å². The van der Waals surface area contributed by atoms with E-state index in [9.17, 15) is 4.79 Å². The number of nitrogens with zero attached hydrogens (tertiary/aromatic N) is 2. The smallest absolute Gasteiger partial charge is 0.390 e. The van der Waals surface area contributed by atoms with Gasteiger partial charge in [0.05, 0.1) is 10.7 Å². The van der Waals surface area contributed by atoms with Crippen molar-refractivity contribution in [2.24, 2.45) is 11.7 Å². The van der Waals surface area contributed by atoms with Crippen molar-refractivity contribution in [1.29, 1.82) is 0 Å². The minimum absolute atomic E-state index is 0.393. The molecule has 14 heavy (non-hydrogen) atoms. The third kappa shape index (κ3) is 2.06. The van der Waals surface area contributed by atoms with Gasteiger partial charge in [-0.15, -0.1) is 0 Å². The molecule has 0 unspecified atom stereocenters. The minimum Gasteiger partial charge on any atom is -0.390 e. The number of hydrogen-bond donors (Lipinski definition) is 1. The molecular weight excluding hydrogens is 250 g/mol. The molecule has 5 nitrogen and oxygen atoms in total. The Kier molecular flexibility index (Phi) is 2.45. The summed E-state index contributed by atoms with van der Waals surface area (Å²) in [5.41, 5.74) is 4.94. The van der Waals surface area contributed by atoms with Crippen LogP contribution in [0.5, 0.6) is 5.88 Å². The lowest BCUT2D eigenvalue weighted by Gasteiger charge is -2.05. The van der Waals surface area contributed by atoms with Crippen LogP contribution in [0.4, 0.5) is 4.79 Å². The van der Waals surface area contributed by atoms with Crippen LogP contribution in [0.2, 0.25) is 0 Å². The molecular formula is C8H10BrN3O2. The average Bonchev–Trinajstić information content (AvgIpc) is 2.85. The average molecular weight is 260 g/mol. The first kappa shape index (κ1) is 9.51. The van der Waals surface area contributed by atoms with E-state index in [1.807, 2.05) is 0 Å². The van der Waals surface area contributed by atoms with Gasteiger partial charge in [0.25, 0.3) is 0 Å². The van der Waals surface area contributed by atoms with Crippen molar-refractivity contribution in [1.82, 2.24) is 9.78 Å². The quantitative estimate of drug-likeness (QED) is 0.895. The van der Waals surface area contributed by atoms with Crippen LogP contribution in [-0.2, 0) is 6.54 Å². The fraction of sp³-hybridized carbons (Fsp3) is 0.500. The molecule has 0 saturated heterocycles. The maximum absolute atomic E-state index is 10.6. The van der Waals surface area contributed by atoms with E-state index in [0.717, 1.165) is 6.54 Å². The topological polar surface area (TPSA) is 70.1 Å². The summed E-state index contributed by atoms with van der Waals surface area (Å²) in [5, 5.41) is 4.09. The molecule has 0 spiro atoms. The van der Waals surface area contributed by atoms with Crippen molar-refractivity contribution in [3.05, 3.63) is 10.7 Å². The molecule has 0 atom stereocenters. The maximum Gasteiger partial charge on any atom is 0.411 e. The number of carbonyl (C=O) groups excluding carboxylic acids is 1. The lowest BCUT2D eigenvalue weighted by Crippen LogP contribution is -2.19. The second-order valence-electron chi connectivity index (χ2n) is 3.34. The molecule has 1 amide bonds. The van der Waals surface area contributed by atoms with Gasteiger partial charge in [0.15, 0.2) is 0 Å². The second-order valence-corrected chi connectivity index (χ2v) is 4.20. The van der Waals surface area contributed by atoms with Gasteiger partial charge in [0, 0.05) is 6.54 Å². The van der Waals surface area contributed by atoms with E-state index < -0.39 is 6.09 Å². The zero-order valence-corrected chi connectivity index (χ0v) is 9.03. The van der Waals surface area contributed by atoms with E-state index in [1.165, 1.54) is 12.8 Å². The molecule has 0 bridgehead atoms. The highest BCUT2D eigenvalue weighted by Gasteiger charge is 2.24. The number of hydrogen-bond acceptors (Lipinski definition) is 3. The van der Waals surface area contributed by atoms with Gasteiger partial charge in [-0.25, -0.2) is 9.48 Å². The van der Waals surface area contributed by atoms with Gasteiger partial charge < -0.3 is 10.5 Å². The van der Waals surface area contributed by atoms with E-state index in [2.05, 4.69) is 21.0 Å². The van der Waals surface area contributed by atoms with Crippen LogP contribution in [0.25, 0.3) is 0 Å². The molecule has 1 saturated carbocycles. The number of aromatic nitrogens is 2. The molecule has 6 heteroatoms. The fourth-order valence-electron chi connectivity index (χ4n) is 1.22. The molecule has 0 aliphatic heterocycles. The molecule has 1 aliphatic rings. The third-order valence-electron chi connectivity index (χ3n) is 2.07. The molecule has 1 aromatic heterocycles. The summed E-state index contributed by atoms with van der Waals surface area (Å²) in [6, 6.07) is 0. The molecule has 1 fully saturated rings. The van der Waals surface area contributed by atoms with Crippen LogP contribution in [0.3, 0.4) is 0 Å². The van der Waals surface area contributed by atoms with Crippen molar-refractivity contribution < 1.29 is 9.53 Å². The van der Waals surface area contributed by atoms with Gasteiger partial charge in [0.1, 0.15) is 0 Å². The Balaban J connectivity index is 2.15. The first-order valence-electron chi connectivity index (χ1n) is 4.35. The van der Waals surface area contributed by atoms with Crippen molar-refractivity contribution in [2.75, 3.05) is 0 Å². The number of primary amides is 1. The van der Waals surface area contributed by atoms with E-state index in [4.69, 9.17) is 10.5 Å². The van der Waals surface area contributed by atoms with Crippen molar-refractivity contribution >= 4 is 22.0 Å². The van der Waals surface area contributed by atoms with E-state index in [-0.39, 0.29) is 0 Å². The van der Waals surface area contributed by atoms with E-state index in [1.54, 1.807) is 10.9 Å². The molecule has 1 aliphatic carbocycles. The Morgan fingerprint density at radius 2 is 2.50 bits per heavy atom. The van der Waals surface area contributed by atoms with Crippen molar-refractivity contribution in [3.8, 4) is 5.88 Å². The van der Waals surface area contributed by atoms with Crippen molar-refractivity contribution in [3.63, 3.8) is 0 Å². The number of ether oxygens (including phenoxy) is 1. The molecule has 0 aromatic carbocycles. The zero-order valence-electron chi connectivity index (χ0n) is 7.44. The Labute approximate surface area is 89.3 Å². The Morgan fingerprint density at radius 1 is 1.79 bits per heavy atom. The molecule has 0 radical (unpaired) electrons. The van der Waals surface area contributed by atoms with Gasteiger partial charge >= 0.3 is 6.09 Å². The predicted octanol–water partition coefficient (Wildman–Crippen LogP) is 1.51. The van der Waals surface area contributed by atoms with Gasteiger partial charge in [-0.3, -0.25) is 0 Å². The van der Waals surface area contributed by atoms with E-state index >= 15 is 0 Å². The lowest BCUT2D eigenvalue weighted by atomic mass is 10.4. The summed E-state index contributed by atoms with van der Waals surface area (Å²) in [7, 11) is 0. The standard InChI is InChI=1S/C8H10BrN3O2/c9-6-3-11-12(4-5-1-2-5)7(6)14-8(10)13/h3,5H,1-2,4H2,(H2,10,13). The SMILES string of the molecule is NC(=O)Oc1c(Br)cnn1CC1CC1. The molecule has 1 aromatic rings. The zero-order chi connectivity index (χ0) is 10.1. The third-order valence-corrected chi connectivity index (χ3v) is 2.62. The van der Waals surface area contributed by atoms with Crippen LogP contribution >= 0.6 is 15.9 Å². The van der Waals surface area contributed by atoms with E-state index in [0.29, 0.717) is 16.3 Å². The first-order chi connectivity index (χ1) is 6.66. The molecule has 1 heterocycles. The van der Waals surface area contributed by atoms with Gasteiger partial charge in [-0.1, -0.05) is 0 Å². The maximum atomic E-state index is 10.6. The molecule has 2 N–H and O–H groups in total. The molecule has 2 rings (SSSR count). The Morgan fingerprint density at radius 3 is 3.07 bits per heavy atom. The normalized spacial score (nSPS) is 15.5. The summed E-state index contributed by atoms with van der Waals surface area (Å²) in [6.45, 7) is 0.786. The van der Waals surface area contributed by atoms with Crippen LogP contribution in [0.1, 0.15) is 12.8 Å². The second kappa shape index (κ2) is 3.61. The highest BCUT2D eigenvalue weighted by atomic mass is 79.9. The van der Waals surface area contributed by atoms with Crippen molar-refractivity contribution in [2.45, 2.75) is 19.4 Å². The Hall–Kier alpha value is -1.04.